The Morgan fingerprint density at radius 1 is 1.20 bits per heavy atom. The van der Waals surface area contributed by atoms with E-state index in [-0.39, 0.29) is 4.90 Å². The standard InChI is InChI=1S/C17H17BrN4O2S/c1-3-22-11-19-20-17(22)13-5-4-6-14(10-13)21-25(23,24)15-7-8-16(18)12(2)9-15/h4-11,21H,3H2,1-2H3. The lowest BCUT2D eigenvalue weighted by molar-refractivity contribution is 0.601. The monoisotopic (exact) mass is 420 g/mol. The molecule has 0 aliphatic carbocycles. The number of hydrogen-bond donors (Lipinski definition) is 1. The second-order valence-electron chi connectivity index (χ2n) is 5.54. The lowest BCUT2D eigenvalue weighted by atomic mass is 10.2. The summed E-state index contributed by atoms with van der Waals surface area (Å²) >= 11 is 3.38. The number of nitrogens with one attached hydrogen (secondary N) is 1. The van der Waals surface area contributed by atoms with Crippen molar-refractivity contribution in [2.75, 3.05) is 4.72 Å². The Kier molecular flexibility index (Phi) is 4.91. The van der Waals surface area contributed by atoms with Crippen LogP contribution >= 0.6 is 15.9 Å². The first-order chi connectivity index (χ1) is 11.9. The molecule has 0 saturated carbocycles. The van der Waals surface area contributed by atoms with Crippen LogP contribution in [0.5, 0.6) is 0 Å². The zero-order valence-electron chi connectivity index (χ0n) is 13.8. The van der Waals surface area contributed by atoms with Crippen molar-refractivity contribution in [1.82, 2.24) is 14.8 Å². The molecule has 0 unspecified atom stereocenters. The van der Waals surface area contributed by atoms with Gasteiger partial charge < -0.3 is 4.57 Å². The third-order valence-electron chi connectivity index (χ3n) is 3.77. The first-order valence-electron chi connectivity index (χ1n) is 7.68. The number of halogens is 1. The predicted octanol–water partition coefficient (Wildman–Crippen LogP) is 3.84. The Morgan fingerprint density at radius 2 is 2.00 bits per heavy atom. The molecule has 3 aromatic rings. The summed E-state index contributed by atoms with van der Waals surface area (Å²) in [7, 11) is -3.67. The number of aromatic nitrogens is 3. The van der Waals surface area contributed by atoms with E-state index < -0.39 is 10.0 Å². The molecule has 1 N–H and O–H groups in total. The molecule has 1 aromatic heterocycles. The Hall–Kier alpha value is -2.19. The molecule has 0 fully saturated rings. The van der Waals surface area contributed by atoms with E-state index in [1.165, 1.54) is 0 Å². The molecule has 3 rings (SSSR count). The van der Waals surface area contributed by atoms with E-state index in [0.29, 0.717) is 11.5 Å². The van der Waals surface area contributed by atoms with Crippen LogP contribution in [0.1, 0.15) is 12.5 Å². The number of anilines is 1. The van der Waals surface area contributed by atoms with Crippen LogP contribution in [0.3, 0.4) is 0 Å². The maximum absolute atomic E-state index is 12.6. The van der Waals surface area contributed by atoms with Crippen LogP contribution in [0.2, 0.25) is 0 Å². The Labute approximate surface area is 155 Å². The van der Waals surface area contributed by atoms with Gasteiger partial charge in [-0.25, -0.2) is 8.42 Å². The molecule has 0 spiro atoms. The van der Waals surface area contributed by atoms with Gasteiger partial charge in [-0.2, -0.15) is 0 Å². The molecule has 1 heterocycles. The molecule has 0 bridgehead atoms. The Morgan fingerprint density at radius 3 is 2.72 bits per heavy atom. The largest absolute Gasteiger partial charge is 0.314 e. The van der Waals surface area contributed by atoms with Gasteiger partial charge in [0.2, 0.25) is 0 Å². The van der Waals surface area contributed by atoms with Crippen molar-refractivity contribution in [1.29, 1.82) is 0 Å². The first kappa shape index (κ1) is 17.6. The predicted molar refractivity (Wildman–Crippen MR) is 101 cm³/mol. The summed E-state index contributed by atoms with van der Waals surface area (Å²) in [6, 6.07) is 12.0. The maximum Gasteiger partial charge on any atom is 0.261 e. The number of nitrogens with zero attached hydrogens (tertiary/aromatic N) is 3. The van der Waals surface area contributed by atoms with Crippen LogP contribution in [0.25, 0.3) is 11.4 Å². The van der Waals surface area contributed by atoms with Gasteiger partial charge in [-0.3, -0.25) is 4.72 Å². The third-order valence-corrected chi connectivity index (χ3v) is 6.04. The van der Waals surface area contributed by atoms with Crippen molar-refractivity contribution in [2.45, 2.75) is 25.3 Å². The molecule has 2 aromatic carbocycles. The first-order valence-corrected chi connectivity index (χ1v) is 9.95. The van der Waals surface area contributed by atoms with E-state index in [1.54, 1.807) is 42.7 Å². The highest BCUT2D eigenvalue weighted by Crippen LogP contribution is 2.25. The van der Waals surface area contributed by atoms with Gasteiger partial charge in [-0.1, -0.05) is 28.1 Å². The van der Waals surface area contributed by atoms with E-state index in [2.05, 4.69) is 30.8 Å². The number of aryl methyl sites for hydroxylation is 2. The lowest BCUT2D eigenvalue weighted by Gasteiger charge is -2.11. The van der Waals surface area contributed by atoms with Crippen LogP contribution in [0.15, 0.2) is 58.2 Å². The third kappa shape index (κ3) is 3.74. The summed E-state index contributed by atoms with van der Waals surface area (Å²) in [5, 5.41) is 8.01. The van der Waals surface area contributed by atoms with Gasteiger partial charge in [0.05, 0.1) is 4.90 Å². The molecule has 8 heteroatoms. The van der Waals surface area contributed by atoms with E-state index >= 15 is 0 Å². The molecule has 130 valence electrons. The van der Waals surface area contributed by atoms with Gasteiger partial charge in [0.15, 0.2) is 5.82 Å². The van der Waals surface area contributed by atoms with Gasteiger partial charge in [-0.15, -0.1) is 10.2 Å². The number of rotatable bonds is 5. The van der Waals surface area contributed by atoms with Crippen LogP contribution in [-0.2, 0) is 16.6 Å². The SMILES string of the molecule is CCn1cnnc1-c1cccc(NS(=O)(=O)c2ccc(Br)c(C)c2)c1. The zero-order chi connectivity index (χ0) is 18.0. The average molecular weight is 421 g/mol. The van der Waals surface area contributed by atoms with Crippen molar-refractivity contribution >= 4 is 31.6 Å². The number of hydrogen-bond acceptors (Lipinski definition) is 4. The second-order valence-corrected chi connectivity index (χ2v) is 8.07. The van der Waals surface area contributed by atoms with Gasteiger partial charge in [0.25, 0.3) is 10.0 Å². The van der Waals surface area contributed by atoms with Crippen LogP contribution in [0.4, 0.5) is 5.69 Å². The van der Waals surface area contributed by atoms with Crippen molar-refractivity contribution in [2.24, 2.45) is 0 Å². The smallest absolute Gasteiger partial charge is 0.261 e. The fourth-order valence-electron chi connectivity index (χ4n) is 2.43. The van der Waals surface area contributed by atoms with Gasteiger partial charge >= 0.3 is 0 Å². The summed E-state index contributed by atoms with van der Waals surface area (Å²) in [5.74, 6) is 0.697. The normalized spacial score (nSPS) is 11.5. The summed E-state index contributed by atoms with van der Waals surface area (Å²) in [6.07, 6.45) is 1.65. The molecular weight excluding hydrogens is 404 g/mol. The molecule has 0 aliphatic heterocycles. The zero-order valence-corrected chi connectivity index (χ0v) is 16.2. The van der Waals surface area contributed by atoms with Crippen LogP contribution in [0, 0.1) is 6.92 Å². The summed E-state index contributed by atoms with van der Waals surface area (Å²) in [6.45, 7) is 4.58. The molecule has 0 radical (unpaired) electrons. The van der Waals surface area contributed by atoms with Crippen molar-refractivity contribution in [3.63, 3.8) is 0 Å². The minimum Gasteiger partial charge on any atom is -0.314 e. The van der Waals surface area contributed by atoms with E-state index in [4.69, 9.17) is 0 Å². The summed E-state index contributed by atoms with van der Waals surface area (Å²) in [5.41, 5.74) is 2.13. The van der Waals surface area contributed by atoms with Crippen molar-refractivity contribution < 1.29 is 8.42 Å². The van der Waals surface area contributed by atoms with Gasteiger partial charge in [-0.05, 0) is 49.7 Å². The van der Waals surface area contributed by atoms with Crippen LogP contribution < -0.4 is 4.72 Å². The highest BCUT2D eigenvalue weighted by molar-refractivity contribution is 9.10. The minimum absolute atomic E-state index is 0.218. The molecule has 0 atom stereocenters. The van der Waals surface area contributed by atoms with E-state index in [9.17, 15) is 8.42 Å². The quantitative estimate of drug-likeness (QED) is 0.679. The van der Waals surface area contributed by atoms with Gasteiger partial charge in [0.1, 0.15) is 6.33 Å². The van der Waals surface area contributed by atoms with Crippen molar-refractivity contribution in [3.05, 3.63) is 58.8 Å². The topological polar surface area (TPSA) is 76.9 Å². The molecule has 0 saturated heterocycles. The number of sulfonamides is 1. The second kappa shape index (κ2) is 6.97. The summed E-state index contributed by atoms with van der Waals surface area (Å²) in [4.78, 5) is 0.218. The Bertz CT molecular complexity index is 1010. The molecule has 25 heavy (non-hydrogen) atoms. The molecular formula is C17H17BrN4O2S. The highest BCUT2D eigenvalue weighted by atomic mass is 79.9. The Balaban J connectivity index is 1.92. The van der Waals surface area contributed by atoms with Crippen molar-refractivity contribution in [3.8, 4) is 11.4 Å². The number of benzene rings is 2. The average Bonchev–Trinajstić information content (AvgIpc) is 3.06. The fourth-order valence-corrected chi connectivity index (χ4v) is 3.81. The minimum atomic E-state index is -3.67. The molecule has 0 aliphatic rings. The van der Waals surface area contributed by atoms with E-state index in [1.807, 2.05) is 24.5 Å². The van der Waals surface area contributed by atoms with Crippen LogP contribution in [-0.4, -0.2) is 23.2 Å². The van der Waals surface area contributed by atoms with E-state index in [0.717, 1.165) is 22.1 Å². The van der Waals surface area contributed by atoms with Gasteiger partial charge in [0, 0.05) is 22.3 Å². The molecule has 0 amide bonds. The lowest BCUT2D eigenvalue weighted by Crippen LogP contribution is -2.13. The summed E-state index contributed by atoms with van der Waals surface area (Å²) < 4.78 is 30.6. The fraction of sp³-hybridized carbons (Fsp3) is 0.176. The highest BCUT2D eigenvalue weighted by Gasteiger charge is 2.16. The molecule has 6 nitrogen and oxygen atoms in total. The maximum atomic E-state index is 12.6.